The van der Waals surface area contributed by atoms with Gasteiger partial charge in [0.2, 0.25) is 5.95 Å². The van der Waals surface area contributed by atoms with E-state index < -0.39 is 19.2 Å². The monoisotopic (exact) mass is 289 g/mol. The Morgan fingerprint density at radius 1 is 1.30 bits per heavy atom. The van der Waals surface area contributed by atoms with E-state index in [-0.39, 0.29) is 17.9 Å². The Labute approximate surface area is 111 Å². The molecule has 0 saturated carbocycles. The minimum atomic E-state index is -4.30. The van der Waals surface area contributed by atoms with Crippen LogP contribution in [0.2, 0.25) is 0 Å². The minimum Gasteiger partial charge on any atom is -0.463 e. The second kappa shape index (κ2) is 5.67. The van der Waals surface area contributed by atoms with Gasteiger partial charge in [0.05, 0.1) is 6.42 Å². The Bertz CT molecular complexity index is 557. The van der Waals surface area contributed by atoms with Crippen LogP contribution < -0.4 is 10.1 Å². The van der Waals surface area contributed by atoms with Crippen LogP contribution in [-0.2, 0) is 0 Å². The van der Waals surface area contributed by atoms with Crippen LogP contribution in [0.1, 0.15) is 6.42 Å². The van der Waals surface area contributed by atoms with E-state index in [4.69, 9.17) is 4.74 Å². The number of hydrogen-bond acceptors (Lipinski definition) is 7. The molecule has 0 atom stereocenters. The molecule has 0 amide bonds. The van der Waals surface area contributed by atoms with Gasteiger partial charge in [0.1, 0.15) is 19.3 Å². The van der Waals surface area contributed by atoms with Crippen LogP contribution in [0.3, 0.4) is 0 Å². The molecule has 0 fully saturated rings. The summed E-state index contributed by atoms with van der Waals surface area (Å²) in [6, 6.07) is -0.223. The first-order valence-corrected chi connectivity index (χ1v) is 5.46. The van der Waals surface area contributed by atoms with Crippen molar-refractivity contribution in [3.63, 3.8) is 0 Å². The maximum absolute atomic E-state index is 12.0. The summed E-state index contributed by atoms with van der Waals surface area (Å²) in [7, 11) is 1.56. The number of alkyl halides is 3. The Hall–Kier alpha value is -2.46. The summed E-state index contributed by atoms with van der Waals surface area (Å²) in [5.41, 5.74) is 0. The summed E-state index contributed by atoms with van der Waals surface area (Å²) in [4.78, 5) is 15.3. The summed E-state index contributed by atoms with van der Waals surface area (Å²) in [6.07, 6.45) is -2.78. The molecular weight excluding hydrogens is 279 g/mol. The van der Waals surface area contributed by atoms with Crippen molar-refractivity contribution >= 4 is 5.95 Å². The second-order valence-electron chi connectivity index (χ2n) is 3.55. The molecular formula is C9H10F3N7O. The molecule has 2 rings (SSSR count). The molecule has 11 heteroatoms. The average molecular weight is 289 g/mol. The van der Waals surface area contributed by atoms with Crippen LogP contribution in [0.5, 0.6) is 6.01 Å². The van der Waals surface area contributed by atoms with E-state index in [1.807, 2.05) is 0 Å². The summed E-state index contributed by atoms with van der Waals surface area (Å²) in [5, 5.41) is 6.46. The fourth-order valence-corrected chi connectivity index (χ4v) is 1.19. The normalized spacial score (nSPS) is 11.4. The van der Waals surface area contributed by atoms with Gasteiger partial charge < -0.3 is 10.1 Å². The molecule has 0 unspecified atom stereocenters. The molecule has 2 aromatic rings. The Morgan fingerprint density at radius 3 is 2.70 bits per heavy atom. The van der Waals surface area contributed by atoms with Crippen LogP contribution in [0, 0.1) is 0 Å². The average Bonchev–Trinajstić information content (AvgIpc) is 2.90. The van der Waals surface area contributed by atoms with Crippen molar-refractivity contribution in [1.82, 2.24) is 29.7 Å². The molecule has 0 aliphatic carbocycles. The van der Waals surface area contributed by atoms with Gasteiger partial charge in [-0.15, -0.1) is 0 Å². The lowest BCUT2D eigenvalue weighted by atomic mass is 10.4. The van der Waals surface area contributed by atoms with Gasteiger partial charge in [0.15, 0.2) is 0 Å². The van der Waals surface area contributed by atoms with E-state index in [0.29, 0.717) is 0 Å². The van der Waals surface area contributed by atoms with E-state index in [1.54, 1.807) is 7.05 Å². The molecule has 108 valence electrons. The zero-order chi connectivity index (χ0) is 14.6. The van der Waals surface area contributed by atoms with Crippen LogP contribution in [0.4, 0.5) is 19.1 Å². The van der Waals surface area contributed by atoms with Crippen LogP contribution in [-0.4, -0.2) is 49.5 Å². The first-order valence-electron chi connectivity index (χ1n) is 5.46. The zero-order valence-corrected chi connectivity index (χ0v) is 10.3. The molecule has 20 heavy (non-hydrogen) atoms. The minimum absolute atomic E-state index is 0.0869. The summed E-state index contributed by atoms with van der Waals surface area (Å²) in [5.74, 6) is 0.233. The number of anilines is 1. The molecule has 0 saturated heterocycles. The van der Waals surface area contributed by atoms with Gasteiger partial charge in [-0.2, -0.15) is 37.9 Å². The molecule has 0 aliphatic heterocycles. The summed E-state index contributed by atoms with van der Waals surface area (Å²) in [6.45, 7) is -0.576. The third-order valence-electron chi connectivity index (χ3n) is 2.07. The third kappa shape index (κ3) is 3.76. The highest BCUT2D eigenvalue weighted by atomic mass is 19.4. The standard InChI is InChI=1S/C9H10F3N7O/c1-13-6-16-7(19-5-14-4-15-19)18-8(17-6)20-3-2-9(10,11)12/h4-5H,2-3H2,1H3,(H,13,16,17,18). The van der Waals surface area contributed by atoms with Crippen molar-refractivity contribution in [3.05, 3.63) is 12.7 Å². The van der Waals surface area contributed by atoms with Crippen LogP contribution >= 0.6 is 0 Å². The molecule has 0 bridgehead atoms. The summed E-state index contributed by atoms with van der Waals surface area (Å²) < 4.78 is 42.2. The molecule has 1 N–H and O–H groups in total. The van der Waals surface area contributed by atoms with Crippen molar-refractivity contribution in [2.24, 2.45) is 0 Å². The van der Waals surface area contributed by atoms with E-state index in [0.717, 1.165) is 0 Å². The fourth-order valence-electron chi connectivity index (χ4n) is 1.19. The van der Waals surface area contributed by atoms with E-state index >= 15 is 0 Å². The molecule has 0 aromatic carbocycles. The van der Waals surface area contributed by atoms with E-state index in [1.165, 1.54) is 17.3 Å². The molecule has 8 nitrogen and oxygen atoms in total. The highest BCUT2D eigenvalue weighted by Gasteiger charge is 2.27. The van der Waals surface area contributed by atoms with E-state index in [2.05, 4.69) is 30.4 Å². The van der Waals surface area contributed by atoms with Crippen molar-refractivity contribution in [2.45, 2.75) is 12.6 Å². The largest absolute Gasteiger partial charge is 0.463 e. The highest BCUT2D eigenvalue weighted by Crippen LogP contribution is 2.19. The summed E-state index contributed by atoms with van der Waals surface area (Å²) >= 11 is 0. The maximum Gasteiger partial charge on any atom is 0.392 e. The van der Waals surface area contributed by atoms with Crippen LogP contribution in [0.25, 0.3) is 5.95 Å². The number of halogens is 3. The van der Waals surface area contributed by atoms with Crippen LogP contribution in [0.15, 0.2) is 12.7 Å². The van der Waals surface area contributed by atoms with Gasteiger partial charge in [-0.05, 0) is 0 Å². The third-order valence-corrected chi connectivity index (χ3v) is 2.07. The van der Waals surface area contributed by atoms with E-state index in [9.17, 15) is 13.2 Å². The van der Waals surface area contributed by atoms with Gasteiger partial charge in [-0.25, -0.2) is 4.98 Å². The number of ether oxygens (including phenoxy) is 1. The topological polar surface area (TPSA) is 90.6 Å². The zero-order valence-electron chi connectivity index (χ0n) is 10.3. The smallest absolute Gasteiger partial charge is 0.392 e. The lowest BCUT2D eigenvalue weighted by Gasteiger charge is -2.09. The second-order valence-corrected chi connectivity index (χ2v) is 3.55. The molecule has 0 spiro atoms. The predicted octanol–water partition coefficient (Wildman–Crippen LogP) is 0.825. The quantitative estimate of drug-likeness (QED) is 0.871. The fraction of sp³-hybridized carbons (Fsp3) is 0.444. The van der Waals surface area contributed by atoms with Gasteiger partial charge in [-0.3, -0.25) is 0 Å². The first kappa shape index (κ1) is 14.0. The highest BCUT2D eigenvalue weighted by molar-refractivity contribution is 5.28. The number of nitrogens with one attached hydrogen (secondary N) is 1. The van der Waals surface area contributed by atoms with Crippen molar-refractivity contribution in [3.8, 4) is 12.0 Å². The lowest BCUT2D eigenvalue weighted by Crippen LogP contribution is -2.15. The van der Waals surface area contributed by atoms with Gasteiger partial charge in [0, 0.05) is 7.05 Å². The van der Waals surface area contributed by atoms with Gasteiger partial charge in [0.25, 0.3) is 5.95 Å². The van der Waals surface area contributed by atoms with Crippen molar-refractivity contribution in [2.75, 3.05) is 19.0 Å². The number of nitrogens with zero attached hydrogens (tertiary/aromatic N) is 6. The number of hydrogen-bond donors (Lipinski definition) is 1. The maximum atomic E-state index is 12.0. The lowest BCUT2D eigenvalue weighted by molar-refractivity contribution is -0.139. The van der Waals surface area contributed by atoms with Crippen molar-refractivity contribution in [1.29, 1.82) is 0 Å². The first-order chi connectivity index (χ1) is 9.48. The van der Waals surface area contributed by atoms with Crippen molar-refractivity contribution < 1.29 is 17.9 Å². The Kier molecular flexibility index (Phi) is 3.96. The molecule has 2 heterocycles. The molecule has 0 aliphatic rings. The molecule has 2 aromatic heterocycles. The molecule has 0 radical (unpaired) electrons. The predicted molar refractivity (Wildman–Crippen MR) is 60.5 cm³/mol. The SMILES string of the molecule is CNc1nc(OCCC(F)(F)F)nc(-n2cncn2)n1. The van der Waals surface area contributed by atoms with Gasteiger partial charge in [-0.1, -0.05) is 0 Å². The Morgan fingerprint density at radius 2 is 2.10 bits per heavy atom. The van der Waals surface area contributed by atoms with Gasteiger partial charge >= 0.3 is 12.2 Å². The Balaban J connectivity index is 2.14. The number of aromatic nitrogens is 6. The number of rotatable bonds is 5.